The van der Waals surface area contributed by atoms with Gasteiger partial charge in [0.15, 0.2) is 0 Å². The summed E-state index contributed by atoms with van der Waals surface area (Å²) in [6.45, 7) is 1.73. The van der Waals surface area contributed by atoms with Crippen molar-refractivity contribution in [2.24, 2.45) is 5.92 Å². The van der Waals surface area contributed by atoms with Crippen LogP contribution in [0.5, 0.6) is 0 Å². The molecule has 1 aromatic heterocycles. The molecule has 2 heterocycles. The third-order valence-corrected chi connectivity index (χ3v) is 5.87. The summed E-state index contributed by atoms with van der Waals surface area (Å²) in [5, 5.41) is 7.49. The summed E-state index contributed by atoms with van der Waals surface area (Å²) in [4.78, 5) is 29.2. The zero-order valence-electron chi connectivity index (χ0n) is 18.9. The maximum atomic E-state index is 13.6. The van der Waals surface area contributed by atoms with Crippen LogP contribution in [0.25, 0.3) is 5.69 Å². The van der Waals surface area contributed by atoms with Gasteiger partial charge in [0.2, 0.25) is 5.91 Å². The molecule has 1 fully saturated rings. The van der Waals surface area contributed by atoms with E-state index in [-0.39, 0.29) is 17.4 Å². The SMILES string of the molecule is CN(C)c1ccc(CNC(=O)C2CCCN(c3ccc(=O)n(-c4cccc(F)c4)n3)C2)cc1. The van der Waals surface area contributed by atoms with Crippen molar-refractivity contribution in [3.63, 3.8) is 0 Å². The van der Waals surface area contributed by atoms with Crippen LogP contribution in [-0.4, -0.2) is 42.9 Å². The van der Waals surface area contributed by atoms with E-state index in [2.05, 4.69) is 10.4 Å². The van der Waals surface area contributed by atoms with E-state index in [9.17, 15) is 14.0 Å². The molecule has 7 nitrogen and oxygen atoms in total. The number of piperidine rings is 1. The average molecular weight is 450 g/mol. The van der Waals surface area contributed by atoms with Crippen molar-refractivity contribution in [1.82, 2.24) is 15.1 Å². The normalized spacial score (nSPS) is 15.8. The van der Waals surface area contributed by atoms with Crippen molar-refractivity contribution in [3.05, 3.63) is 82.4 Å². The van der Waals surface area contributed by atoms with Crippen molar-refractivity contribution >= 4 is 17.4 Å². The molecule has 0 radical (unpaired) electrons. The zero-order chi connectivity index (χ0) is 23.4. The quantitative estimate of drug-likeness (QED) is 0.627. The number of benzene rings is 2. The van der Waals surface area contributed by atoms with Gasteiger partial charge in [0, 0.05) is 45.5 Å². The first-order valence-electron chi connectivity index (χ1n) is 11.1. The lowest BCUT2D eigenvalue weighted by Gasteiger charge is -2.33. The highest BCUT2D eigenvalue weighted by atomic mass is 19.1. The molecule has 0 aliphatic carbocycles. The van der Waals surface area contributed by atoms with Crippen molar-refractivity contribution < 1.29 is 9.18 Å². The van der Waals surface area contributed by atoms with Gasteiger partial charge >= 0.3 is 0 Å². The summed E-state index contributed by atoms with van der Waals surface area (Å²) in [5.41, 5.74) is 2.19. The third-order valence-electron chi connectivity index (χ3n) is 5.87. The van der Waals surface area contributed by atoms with Crippen molar-refractivity contribution in [2.75, 3.05) is 37.0 Å². The van der Waals surface area contributed by atoms with E-state index < -0.39 is 5.82 Å². The molecule has 1 amide bonds. The van der Waals surface area contributed by atoms with Gasteiger partial charge in [0.1, 0.15) is 11.6 Å². The van der Waals surface area contributed by atoms with E-state index in [0.29, 0.717) is 24.6 Å². The van der Waals surface area contributed by atoms with Gasteiger partial charge in [-0.05, 0) is 54.8 Å². The summed E-state index contributed by atoms with van der Waals surface area (Å²) in [5.74, 6) is -0.000662. The molecule has 3 aromatic rings. The molecule has 33 heavy (non-hydrogen) atoms. The van der Waals surface area contributed by atoms with Crippen LogP contribution in [0.3, 0.4) is 0 Å². The standard InChI is InChI=1S/C25H28FN5O2/c1-29(2)21-10-8-18(9-11-21)16-27-25(33)19-5-4-14-30(17-19)23-12-13-24(32)31(28-23)22-7-3-6-20(26)15-22/h3,6-13,15,19H,4-5,14,16-17H2,1-2H3,(H,27,33). The van der Waals surface area contributed by atoms with E-state index in [1.807, 2.05) is 48.2 Å². The van der Waals surface area contributed by atoms with E-state index in [1.165, 1.54) is 22.9 Å². The lowest BCUT2D eigenvalue weighted by atomic mass is 9.97. The van der Waals surface area contributed by atoms with Gasteiger partial charge in [-0.2, -0.15) is 4.68 Å². The molecule has 0 bridgehead atoms. The Morgan fingerprint density at radius 1 is 1.15 bits per heavy atom. The Bertz CT molecular complexity index is 1180. The molecule has 1 atom stereocenters. The lowest BCUT2D eigenvalue weighted by Crippen LogP contribution is -2.43. The summed E-state index contributed by atoms with van der Waals surface area (Å²) in [7, 11) is 3.98. The maximum absolute atomic E-state index is 13.6. The van der Waals surface area contributed by atoms with E-state index in [4.69, 9.17) is 0 Å². The Labute approximate surface area is 192 Å². The summed E-state index contributed by atoms with van der Waals surface area (Å²) >= 11 is 0. The Kier molecular flexibility index (Phi) is 6.72. The summed E-state index contributed by atoms with van der Waals surface area (Å²) < 4.78 is 14.8. The van der Waals surface area contributed by atoms with Crippen molar-refractivity contribution in [2.45, 2.75) is 19.4 Å². The smallest absolute Gasteiger partial charge is 0.271 e. The van der Waals surface area contributed by atoms with Crippen LogP contribution in [0.15, 0.2) is 65.5 Å². The molecule has 4 rings (SSSR count). The number of halogens is 1. The number of anilines is 2. The molecular formula is C25H28FN5O2. The van der Waals surface area contributed by atoms with Crippen LogP contribution in [0, 0.1) is 11.7 Å². The predicted molar refractivity (Wildman–Crippen MR) is 127 cm³/mol. The summed E-state index contributed by atoms with van der Waals surface area (Å²) in [6.07, 6.45) is 1.64. The fourth-order valence-corrected chi connectivity index (χ4v) is 4.01. The van der Waals surface area contributed by atoms with Gasteiger partial charge in [-0.3, -0.25) is 9.59 Å². The first-order chi connectivity index (χ1) is 15.9. The molecule has 1 saturated heterocycles. The zero-order valence-corrected chi connectivity index (χ0v) is 18.9. The molecule has 1 aliphatic heterocycles. The molecule has 1 aliphatic rings. The van der Waals surface area contributed by atoms with Gasteiger partial charge < -0.3 is 15.1 Å². The largest absolute Gasteiger partial charge is 0.378 e. The first kappa shape index (κ1) is 22.5. The number of nitrogens with zero attached hydrogens (tertiary/aromatic N) is 4. The lowest BCUT2D eigenvalue weighted by molar-refractivity contribution is -0.125. The minimum Gasteiger partial charge on any atom is -0.378 e. The molecule has 172 valence electrons. The Balaban J connectivity index is 1.42. The van der Waals surface area contributed by atoms with Gasteiger partial charge in [-0.25, -0.2) is 4.39 Å². The molecule has 0 saturated carbocycles. The number of rotatable bonds is 6. The molecule has 1 N–H and O–H groups in total. The van der Waals surface area contributed by atoms with Gasteiger partial charge in [0.05, 0.1) is 11.6 Å². The van der Waals surface area contributed by atoms with Crippen LogP contribution in [-0.2, 0) is 11.3 Å². The number of aromatic nitrogens is 2. The fourth-order valence-electron chi connectivity index (χ4n) is 4.01. The molecule has 2 aromatic carbocycles. The van der Waals surface area contributed by atoms with E-state index in [0.717, 1.165) is 30.6 Å². The second-order valence-corrected chi connectivity index (χ2v) is 8.49. The van der Waals surface area contributed by atoms with Crippen LogP contribution < -0.4 is 20.7 Å². The van der Waals surface area contributed by atoms with Gasteiger partial charge in [-0.1, -0.05) is 18.2 Å². The number of carbonyl (C=O) groups is 1. The number of nitrogens with one attached hydrogen (secondary N) is 1. The maximum Gasteiger partial charge on any atom is 0.271 e. The summed E-state index contributed by atoms with van der Waals surface area (Å²) in [6, 6.07) is 17.0. The third kappa shape index (κ3) is 5.39. The van der Waals surface area contributed by atoms with Crippen LogP contribution in [0.1, 0.15) is 18.4 Å². The first-order valence-corrected chi connectivity index (χ1v) is 11.1. The van der Waals surface area contributed by atoms with E-state index >= 15 is 0 Å². The second-order valence-electron chi connectivity index (χ2n) is 8.49. The number of hydrogen-bond acceptors (Lipinski definition) is 5. The van der Waals surface area contributed by atoms with Gasteiger partial charge in [0.25, 0.3) is 5.56 Å². The minimum atomic E-state index is -0.433. The topological polar surface area (TPSA) is 70.5 Å². The minimum absolute atomic E-state index is 0.00911. The Hall–Kier alpha value is -3.68. The van der Waals surface area contributed by atoms with Crippen LogP contribution in [0.4, 0.5) is 15.9 Å². The van der Waals surface area contributed by atoms with Crippen molar-refractivity contribution in [3.8, 4) is 5.69 Å². The van der Waals surface area contributed by atoms with Gasteiger partial charge in [-0.15, -0.1) is 5.10 Å². The highest BCUT2D eigenvalue weighted by Crippen LogP contribution is 2.22. The Morgan fingerprint density at radius 3 is 2.67 bits per heavy atom. The Morgan fingerprint density at radius 2 is 1.94 bits per heavy atom. The fraction of sp³-hybridized carbons (Fsp3) is 0.320. The molecule has 8 heteroatoms. The number of hydrogen-bond donors (Lipinski definition) is 1. The highest BCUT2D eigenvalue weighted by molar-refractivity contribution is 5.79. The molecule has 0 spiro atoms. The highest BCUT2D eigenvalue weighted by Gasteiger charge is 2.27. The number of carbonyl (C=O) groups excluding carboxylic acids is 1. The second kappa shape index (κ2) is 9.85. The number of amides is 1. The average Bonchev–Trinajstić information content (AvgIpc) is 2.83. The van der Waals surface area contributed by atoms with Crippen LogP contribution in [0.2, 0.25) is 0 Å². The van der Waals surface area contributed by atoms with Crippen molar-refractivity contribution in [1.29, 1.82) is 0 Å². The monoisotopic (exact) mass is 449 g/mol. The predicted octanol–water partition coefficient (Wildman–Crippen LogP) is 2.97. The molecular weight excluding hydrogens is 421 g/mol. The van der Waals surface area contributed by atoms with Crippen LogP contribution >= 0.6 is 0 Å². The van der Waals surface area contributed by atoms with E-state index in [1.54, 1.807) is 18.2 Å². The molecule has 1 unspecified atom stereocenters.